The predicted octanol–water partition coefficient (Wildman–Crippen LogP) is 0.818. The van der Waals surface area contributed by atoms with E-state index < -0.39 is 5.97 Å². The molecule has 92 valence electrons. The molecule has 0 spiro atoms. The molecule has 0 radical (unpaired) electrons. The molecule has 0 atom stereocenters. The summed E-state index contributed by atoms with van der Waals surface area (Å²) in [5.41, 5.74) is 0. The molecule has 2 N–H and O–H groups in total. The quantitative estimate of drug-likeness (QED) is 0.805. The Labute approximate surface area is 99.7 Å². The summed E-state index contributed by atoms with van der Waals surface area (Å²) in [7, 11) is 3.83. The van der Waals surface area contributed by atoms with Crippen molar-refractivity contribution in [3.63, 3.8) is 0 Å². The first-order valence-electron chi connectivity index (χ1n) is 5.55. The number of anilines is 2. The average molecular weight is 236 g/mol. The molecular weight excluding hydrogens is 220 g/mol. The summed E-state index contributed by atoms with van der Waals surface area (Å²) in [5, 5.41) is 12.0. The van der Waals surface area contributed by atoms with Crippen LogP contribution in [0.1, 0.15) is 12.8 Å². The smallest absolute Gasteiger partial charge is 0.306 e. The fraction of sp³-hybridized carbons (Fsp3) is 0.545. The highest BCUT2D eigenvalue weighted by atomic mass is 16.4. The molecule has 6 heteroatoms. The lowest BCUT2D eigenvalue weighted by Crippen LogP contribution is -2.39. The fourth-order valence-electron chi connectivity index (χ4n) is 1.82. The number of aliphatic carboxylic acids is 1. The van der Waals surface area contributed by atoms with Crippen LogP contribution in [0.25, 0.3) is 0 Å². The molecule has 0 amide bonds. The third kappa shape index (κ3) is 2.64. The van der Waals surface area contributed by atoms with E-state index in [0.29, 0.717) is 12.8 Å². The summed E-state index contributed by atoms with van der Waals surface area (Å²) in [5.74, 6) is 0.663. The van der Waals surface area contributed by atoms with Gasteiger partial charge in [-0.1, -0.05) is 0 Å². The minimum Gasteiger partial charge on any atom is -0.481 e. The van der Waals surface area contributed by atoms with Crippen molar-refractivity contribution in [2.75, 3.05) is 24.3 Å². The van der Waals surface area contributed by atoms with Crippen molar-refractivity contribution >= 4 is 17.6 Å². The van der Waals surface area contributed by atoms with Gasteiger partial charge in [0.25, 0.3) is 0 Å². The first-order chi connectivity index (χ1) is 8.06. The minimum absolute atomic E-state index is 0.206. The van der Waals surface area contributed by atoms with Crippen molar-refractivity contribution in [3.05, 3.63) is 12.4 Å². The van der Waals surface area contributed by atoms with Crippen molar-refractivity contribution in [2.24, 2.45) is 5.92 Å². The van der Waals surface area contributed by atoms with Gasteiger partial charge in [0.05, 0.1) is 5.92 Å². The van der Waals surface area contributed by atoms with Gasteiger partial charge in [-0.2, -0.15) is 0 Å². The second-order valence-electron chi connectivity index (χ2n) is 4.50. The second-order valence-corrected chi connectivity index (χ2v) is 4.50. The second kappa shape index (κ2) is 4.57. The molecule has 1 aliphatic rings. The number of hydrogen-bond donors (Lipinski definition) is 2. The van der Waals surface area contributed by atoms with Crippen LogP contribution in [0.5, 0.6) is 0 Å². The molecule has 0 unspecified atom stereocenters. The number of nitrogens with one attached hydrogen (secondary N) is 1. The van der Waals surface area contributed by atoms with Crippen LogP contribution in [0.15, 0.2) is 12.4 Å². The lowest BCUT2D eigenvalue weighted by atomic mass is 9.80. The van der Waals surface area contributed by atoms with Crippen molar-refractivity contribution in [2.45, 2.75) is 18.9 Å². The van der Waals surface area contributed by atoms with Crippen LogP contribution in [0.4, 0.5) is 11.6 Å². The average Bonchev–Trinajstić information content (AvgIpc) is 2.22. The van der Waals surface area contributed by atoms with E-state index in [9.17, 15) is 4.79 Å². The molecule has 0 aromatic carbocycles. The Morgan fingerprint density at radius 2 is 2.18 bits per heavy atom. The van der Waals surface area contributed by atoms with Gasteiger partial charge in [-0.15, -0.1) is 0 Å². The van der Waals surface area contributed by atoms with Gasteiger partial charge < -0.3 is 15.3 Å². The number of nitrogens with zero attached hydrogens (tertiary/aromatic N) is 3. The summed E-state index contributed by atoms with van der Waals surface area (Å²) in [6.45, 7) is 0. The number of aromatic nitrogens is 2. The Bertz CT molecular complexity index is 416. The molecule has 0 saturated heterocycles. The van der Waals surface area contributed by atoms with E-state index in [-0.39, 0.29) is 12.0 Å². The van der Waals surface area contributed by atoms with Gasteiger partial charge in [0.1, 0.15) is 18.0 Å². The summed E-state index contributed by atoms with van der Waals surface area (Å²) >= 11 is 0. The van der Waals surface area contributed by atoms with Gasteiger partial charge in [0, 0.05) is 26.2 Å². The van der Waals surface area contributed by atoms with E-state index in [4.69, 9.17) is 5.11 Å². The Hall–Kier alpha value is -1.85. The Morgan fingerprint density at radius 3 is 2.76 bits per heavy atom. The van der Waals surface area contributed by atoms with Gasteiger partial charge in [0.2, 0.25) is 0 Å². The summed E-state index contributed by atoms with van der Waals surface area (Å²) in [4.78, 5) is 20.8. The van der Waals surface area contributed by atoms with Crippen molar-refractivity contribution in [1.82, 2.24) is 9.97 Å². The Morgan fingerprint density at radius 1 is 1.47 bits per heavy atom. The monoisotopic (exact) mass is 236 g/mol. The maximum absolute atomic E-state index is 10.7. The lowest BCUT2D eigenvalue weighted by molar-refractivity contribution is -0.144. The predicted molar refractivity (Wildman–Crippen MR) is 64.1 cm³/mol. The summed E-state index contributed by atoms with van der Waals surface area (Å²) < 4.78 is 0. The van der Waals surface area contributed by atoms with E-state index in [1.54, 1.807) is 0 Å². The van der Waals surface area contributed by atoms with Gasteiger partial charge in [-0.3, -0.25) is 4.79 Å². The highest BCUT2D eigenvalue weighted by molar-refractivity contribution is 5.71. The molecule has 1 saturated carbocycles. The molecule has 6 nitrogen and oxygen atoms in total. The van der Waals surface area contributed by atoms with Crippen LogP contribution in [0.2, 0.25) is 0 Å². The largest absolute Gasteiger partial charge is 0.481 e. The molecule has 1 fully saturated rings. The maximum Gasteiger partial charge on any atom is 0.306 e. The Kier molecular flexibility index (Phi) is 3.12. The minimum atomic E-state index is -0.709. The highest BCUT2D eigenvalue weighted by Crippen LogP contribution is 2.30. The fourth-order valence-corrected chi connectivity index (χ4v) is 1.82. The van der Waals surface area contributed by atoms with Crippen LogP contribution in [0, 0.1) is 5.92 Å². The van der Waals surface area contributed by atoms with Crippen LogP contribution in [0.3, 0.4) is 0 Å². The number of carboxylic acids is 1. The molecule has 17 heavy (non-hydrogen) atoms. The maximum atomic E-state index is 10.7. The zero-order valence-corrected chi connectivity index (χ0v) is 9.92. The van der Waals surface area contributed by atoms with Gasteiger partial charge in [0.15, 0.2) is 0 Å². The van der Waals surface area contributed by atoms with Gasteiger partial charge in [-0.25, -0.2) is 9.97 Å². The van der Waals surface area contributed by atoms with E-state index in [1.807, 2.05) is 25.1 Å². The molecule has 0 aliphatic heterocycles. The van der Waals surface area contributed by atoms with Crippen LogP contribution < -0.4 is 10.2 Å². The molecule has 0 bridgehead atoms. The molecular formula is C11H16N4O2. The van der Waals surface area contributed by atoms with Crippen molar-refractivity contribution in [3.8, 4) is 0 Å². The zero-order valence-electron chi connectivity index (χ0n) is 9.92. The van der Waals surface area contributed by atoms with Crippen molar-refractivity contribution < 1.29 is 9.90 Å². The molecule has 1 aromatic heterocycles. The standard InChI is InChI=1S/C11H16N4O2/c1-15(2)10-5-9(12-6-13-10)14-8-3-7(4-8)11(16)17/h5-8H,3-4H2,1-2H3,(H,16,17)(H,12,13,14). The number of carboxylic acid groups (broad SMARTS) is 1. The highest BCUT2D eigenvalue weighted by Gasteiger charge is 2.34. The van der Waals surface area contributed by atoms with E-state index in [1.165, 1.54) is 6.33 Å². The normalized spacial score (nSPS) is 22.7. The zero-order chi connectivity index (χ0) is 12.4. The first kappa shape index (κ1) is 11.6. The first-order valence-corrected chi connectivity index (χ1v) is 5.55. The third-order valence-electron chi connectivity index (χ3n) is 2.95. The third-order valence-corrected chi connectivity index (χ3v) is 2.95. The van der Waals surface area contributed by atoms with E-state index in [2.05, 4.69) is 15.3 Å². The lowest BCUT2D eigenvalue weighted by Gasteiger charge is -2.33. The number of rotatable bonds is 4. The van der Waals surface area contributed by atoms with Gasteiger partial charge >= 0.3 is 5.97 Å². The number of hydrogen-bond acceptors (Lipinski definition) is 5. The molecule has 1 aromatic rings. The SMILES string of the molecule is CN(C)c1cc(NC2CC(C(=O)O)C2)ncn1. The molecule has 2 rings (SSSR count). The van der Waals surface area contributed by atoms with Crippen LogP contribution >= 0.6 is 0 Å². The van der Waals surface area contributed by atoms with Crippen molar-refractivity contribution in [1.29, 1.82) is 0 Å². The Balaban J connectivity index is 1.92. The van der Waals surface area contributed by atoms with Crippen LogP contribution in [-0.2, 0) is 4.79 Å². The van der Waals surface area contributed by atoms with E-state index >= 15 is 0 Å². The topological polar surface area (TPSA) is 78.4 Å². The molecule has 1 aliphatic carbocycles. The molecule has 1 heterocycles. The van der Waals surface area contributed by atoms with Gasteiger partial charge in [-0.05, 0) is 12.8 Å². The summed E-state index contributed by atoms with van der Waals surface area (Å²) in [6, 6.07) is 2.06. The van der Waals surface area contributed by atoms with Crippen LogP contribution in [-0.4, -0.2) is 41.2 Å². The summed E-state index contributed by atoms with van der Waals surface area (Å²) in [6.07, 6.45) is 2.83. The number of carbonyl (C=O) groups is 1. The van der Waals surface area contributed by atoms with E-state index in [0.717, 1.165) is 11.6 Å².